The molecule has 0 saturated heterocycles. The number of H-pyrrole nitrogens is 1. The summed E-state index contributed by atoms with van der Waals surface area (Å²) in [5, 5.41) is 9.38. The molecule has 1 saturated carbocycles. The summed E-state index contributed by atoms with van der Waals surface area (Å²) >= 11 is 0. The third-order valence-electron chi connectivity index (χ3n) is 2.58. The fourth-order valence-electron chi connectivity index (χ4n) is 1.58. The summed E-state index contributed by atoms with van der Waals surface area (Å²) in [5.41, 5.74) is 5.62. The van der Waals surface area contributed by atoms with Gasteiger partial charge in [0.25, 0.3) is 5.91 Å². The zero-order valence-corrected chi connectivity index (χ0v) is 8.66. The van der Waals surface area contributed by atoms with Gasteiger partial charge in [0, 0.05) is 18.5 Å². The number of aryl methyl sites for hydroxylation is 1. The van der Waals surface area contributed by atoms with Gasteiger partial charge in [-0.3, -0.25) is 9.89 Å². The van der Waals surface area contributed by atoms with Gasteiger partial charge >= 0.3 is 0 Å². The van der Waals surface area contributed by atoms with E-state index in [1.54, 1.807) is 0 Å². The Morgan fingerprint density at radius 3 is 2.93 bits per heavy atom. The molecule has 1 aromatic heterocycles. The molecule has 1 fully saturated rings. The van der Waals surface area contributed by atoms with E-state index in [0.29, 0.717) is 0 Å². The summed E-state index contributed by atoms with van der Waals surface area (Å²) in [6, 6.07) is 0.421. The van der Waals surface area contributed by atoms with Crippen LogP contribution in [0, 0.1) is 0 Å². The number of nitrogens with one attached hydrogen (secondary N) is 2. The topological polar surface area (TPSA) is 96.7 Å². The summed E-state index contributed by atoms with van der Waals surface area (Å²) in [7, 11) is 0. The fourth-order valence-corrected chi connectivity index (χ4v) is 1.58. The molecule has 1 aromatic rings. The Bertz CT molecular complexity index is 355. The molecule has 6 heteroatoms. The number of nitrogens with zero attached hydrogens (tertiary/aromatic N) is 2. The van der Waals surface area contributed by atoms with E-state index < -0.39 is 0 Å². The number of rotatable bonds is 3. The summed E-state index contributed by atoms with van der Waals surface area (Å²) in [5.74, 6) is 0.723. The van der Waals surface area contributed by atoms with E-state index in [-0.39, 0.29) is 23.8 Å². The molecular weight excluding hydrogens is 194 g/mol. The molecule has 0 bridgehead atoms. The first-order valence-corrected chi connectivity index (χ1v) is 5.16. The van der Waals surface area contributed by atoms with Crippen molar-refractivity contribution >= 4 is 5.91 Å². The molecule has 1 amide bonds. The minimum Gasteiger partial charge on any atom is -0.346 e. The van der Waals surface area contributed by atoms with Crippen molar-refractivity contribution in [2.24, 2.45) is 5.73 Å². The van der Waals surface area contributed by atoms with Gasteiger partial charge in [-0.2, -0.15) is 0 Å². The Balaban J connectivity index is 1.90. The van der Waals surface area contributed by atoms with Crippen LogP contribution in [0.1, 0.15) is 36.2 Å². The second-order valence-corrected chi connectivity index (χ2v) is 3.86. The van der Waals surface area contributed by atoms with E-state index in [1.165, 1.54) is 0 Å². The normalized spacial score (nSPS) is 24.7. The van der Waals surface area contributed by atoms with Crippen molar-refractivity contribution in [2.45, 2.75) is 38.3 Å². The highest BCUT2D eigenvalue weighted by atomic mass is 16.2. The summed E-state index contributed by atoms with van der Waals surface area (Å²) in [6.45, 7) is 1.95. The first-order valence-electron chi connectivity index (χ1n) is 5.16. The molecular formula is C9H15N5O. The second-order valence-electron chi connectivity index (χ2n) is 3.86. The molecule has 0 atom stereocenters. The van der Waals surface area contributed by atoms with Gasteiger partial charge in [-0.25, -0.2) is 4.98 Å². The molecule has 1 aliphatic rings. The standard InChI is InChI=1S/C9H15N5O/c1-2-7-12-8(14-13-7)9(15)11-6-3-5(10)4-6/h5-6H,2-4,10H2,1H3,(H,11,15)(H,12,13,14). The molecule has 2 rings (SSSR count). The van der Waals surface area contributed by atoms with Gasteiger partial charge in [0.1, 0.15) is 5.82 Å². The summed E-state index contributed by atoms with van der Waals surface area (Å²) in [4.78, 5) is 15.6. The number of aromatic nitrogens is 3. The van der Waals surface area contributed by atoms with E-state index in [2.05, 4.69) is 20.5 Å². The third-order valence-corrected chi connectivity index (χ3v) is 2.58. The maximum Gasteiger partial charge on any atom is 0.291 e. The zero-order chi connectivity index (χ0) is 10.8. The number of amides is 1. The van der Waals surface area contributed by atoms with Crippen LogP contribution in [0.15, 0.2) is 0 Å². The van der Waals surface area contributed by atoms with Gasteiger partial charge < -0.3 is 11.1 Å². The van der Waals surface area contributed by atoms with Crippen molar-refractivity contribution in [3.05, 3.63) is 11.6 Å². The van der Waals surface area contributed by atoms with Crippen molar-refractivity contribution < 1.29 is 4.79 Å². The highest BCUT2D eigenvalue weighted by molar-refractivity contribution is 5.90. The van der Waals surface area contributed by atoms with Crippen LogP contribution in [0.25, 0.3) is 0 Å². The van der Waals surface area contributed by atoms with Gasteiger partial charge in [-0.15, -0.1) is 5.10 Å². The number of aromatic amines is 1. The van der Waals surface area contributed by atoms with Gasteiger partial charge in [0.05, 0.1) is 0 Å². The lowest BCUT2D eigenvalue weighted by Gasteiger charge is -2.32. The van der Waals surface area contributed by atoms with Gasteiger partial charge in [-0.05, 0) is 12.8 Å². The van der Waals surface area contributed by atoms with E-state index >= 15 is 0 Å². The summed E-state index contributed by atoms with van der Waals surface area (Å²) in [6.07, 6.45) is 2.43. The maximum absolute atomic E-state index is 11.6. The van der Waals surface area contributed by atoms with Crippen LogP contribution in [0.2, 0.25) is 0 Å². The smallest absolute Gasteiger partial charge is 0.291 e. The molecule has 1 aliphatic carbocycles. The van der Waals surface area contributed by atoms with E-state index in [9.17, 15) is 4.79 Å². The highest BCUT2D eigenvalue weighted by Crippen LogP contribution is 2.17. The second kappa shape index (κ2) is 3.98. The molecule has 0 aliphatic heterocycles. The van der Waals surface area contributed by atoms with Crippen LogP contribution >= 0.6 is 0 Å². The molecule has 0 radical (unpaired) electrons. The van der Waals surface area contributed by atoms with Gasteiger partial charge in [0.15, 0.2) is 0 Å². The van der Waals surface area contributed by atoms with Crippen molar-refractivity contribution in [3.63, 3.8) is 0 Å². The lowest BCUT2D eigenvalue weighted by Crippen LogP contribution is -2.50. The monoisotopic (exact) mass is 209 g/mol. The first-order chi connectivity index (χ1) is 7.19. The molecule has 6 nitrogen and oxygen atoms in total. The number of hydrogen-bond acceptors (Lipinski definition) is 4. The number of nitrogens with two attached hydrogens (primary N) is 1. The highest BCUT2D eigenvalue weighted by Gasteiger charge is 2.28. The predicted molar refractivity (Wildman–Crippen MR) is 54.2 cm³/mol. The predicted octanol–water partition coefficient (Wildman–Crippen LogP) is -0.413. The van der Waals surface area contributed by atoms with Gasteiger partial charge in [-0.1, -0.05) is 6.92 Å². The Kier molecular flexibility index (Phi) is 2.68. The Labute approximate surface area is 87.6 Å². The Hall–Kier alpha value is -1.43. The quantitative estimate of drug-likeness (QED) is 0.630. The van der Waals surface area contributed by atoms with Crippen LogP contribution < -0.4 is 11.1 Å². The number of carbonyl (C=O) groups is 1. The molecule has 1 heterocycles. The third kappa shape index (κ3) is 2.15. The first kappa shape index (κ1) is 10.1. The maximum atomic E-state index is 11.6. The molecule has 0 aromatic carbocycles. The van der Waals surface area contributed by atoms with Gasteiger partial charge in [0.2, 0.25) is 5.82 Å². The lowest BCUT2D eigenvalue weighted by molar-refractivity contribution is 0.0900. The molecule has 82 valence electrons. The minimum absolute atomic E-state index is 0.191. The molecule has 15 heavy (non-hydrogen) atoms. The van der Waals surface area contributed by atoms with Crippen molar-refractivity contribution in [2.75, 3.05) is 0 Å². The van der Waals surface area contributed by atoms with E-state index in [1.807, 2.05) is 6.92 Å². The average Bonchev–Trinajstić information content (AvgIpc) is 2.63. The molecule has 0 spiro atoms. The van der Waals surface area contributed by atoms with Crippen LogP contribution in [0.5, 0.6) is 0 Å². The summed E-state index contributed by atoms with van der Waals surface area (Å²) < 4.78 is 0. The Morgan fingerprint density at radius 1 is 1.67 bits per heavy atom. The Morgan fingerprint density at radius 2 is 2.40 bits per heavy atom. The fraction of sp³-hybridized carbons (Fsp3) is 0.667. The molecule has 0 unspecified atom stereocenters. The van der Waals surface area contributed by atoms with Crippen molar-refractivity contribution in [1.29, 1.82) is 0 Å². The van der Waals surface area contributed by atoms with Crippen molar-refractivity contribution in [1.82, 2.24) is 20.5 Å². The molecule has 4 N–H and O–H groups in total. The van der Waals surface area contributed by atoms with E-state index in [4.69, 9.17) is 5.73 Å². The number of hydrogen-bond donors (Lipinski definition) is 3. The minimum atomic E-state index is -0.220. The van der Waals surface area contributed by atoms with Crippen LogP contribution in [0.4, 0.5) is 0 Å². The SMILES string of the molecule is CCc1nc(C(=O)NC2CC(N)C2)n[nH]1. The largest absolute Gasteiger partial charge is 0.346 e. The van der Waals surface area contributed by atoms with Crippen LogP contribution in [0.3, 0.4) is 0 Å². The van der Waals surface area contributed by atoms with Crippen molar-refractivity contribution in [3.8, 4) is 0 Å². The lowest BCUT2D eigenvalue weighted by atomic mass is 9.88. The zero-order valence-electron chi connectivity index (χ0n) is 8.66. The number of carbonyl (C=O) groups excluding carboxylic acids is 1. The van der Waals surface area contributed by atoms with E-state index in [0.717, 1.165) is 25.1 Å². The van der Waals surface area contributed by atoms with Crippen LogP contribution in [-0.2, 0) is 6.42 Å². The average molecular weight is 209 g/mol. The van der Waals surface area contributed by atoms with Crippen LogP contribution in [-0.4, -0.2) is 33.2 Å².